The fraction of sp³-hybridized carbons (Fsp3) is 0.533. The van der Waals surface area contributed by atoms with Crippen molar-refractivity contribution in [3.63, 3.8) is 0 Å². The Bertz CT molecular complexity index is 501. The number of hydrogen-bond acceptors (Lipinski definition) is 4. The molecule has 1 fully saturated rings. The number of amidine groups is 1. The van der Waals surface area contributed by atoms with Gasteiger partial charge in [-0.25, -0.2) is 0 Å². The van der Waals surface area contributed by atoms with E-state index in [0.717, 1.165) is 24.3 Å². The van der Waals surface area contributed by atoms with Crippen LogP contribution < -0.4 is 10.6 Å². The Labute approximate surface area is 120 Å². The van der Waals surface area contributed by atoms with E-state index in [4.69, 9.17) is 10.9 Å². The van der Waals surface area contributed by atoms with Gasteiger partial charge >= 0.3 is 0 Å². The minimum absolute atomic E-state index is 0.162. The van der Waals surface area contributed by atoms with Crippen molar-refractivity contribution in [1.82, 2.24) is 4.90 Å². The van der Waals surface area contributed by atoms with E-state index in [9.17, 15) is 0 Å². The number of rotatable bonds is 4. The topological polar surface area (TPSA) is 65.1 Å². The van der Waals surface area contributed by atoms with E-state index < -0.39 is 0 Å². The summed E-state index contributed by atoms with van der Waals surface area (Å²) in [5, 5.41) is 12.1. The molecule has 0 aromatic heterocycles. The highest BCUT2D eigenvalue weighted by atomic mass is 16.4. The molecule has 0 radical (unpaired) electrons. The number of nitrogens with two attached hydrogens (primary N) is 1. The first-order chi connectivity index (χ1) is 9.51. The molecule has 0 amide bonds. The van der Waals surface area contributed by atoms with Crippen molar-refractivity contribution < 1.29 is 5.21 Å². The number of benzene rings is 1. The normalized spacial score (nSPS) is 20.4. The predicted octanol–water partition coefficient (Wildman–Crippen LogP) is 1.48. The molecule has 1 saturated heterocycles. The lowest BCUT2D eigenvalue weighted by Crippen LogP contribution is -2.29. The second-order valence-electron chi connectivity index (χ2n) is 5.80. The predicted molar refractivity (Wildman–Crippen MR) is 82.6 cm³/mol. The molecular formula is C15H24N4O. The monoisotopic (exact) mass is 276 g/mol. The third-order valence-corrected chi connectivity index (χ3v) is 3.97. The zero-order valence-corrected chi connectivity index (χ0v) is 12.5. The first kappa shape index (κ1) is 14.7. The first-order valence-electron chi connectivity index (χ1n) is 6.99. The Morgan fingerprint density at radius 3 is 2.90 bits per heavy atom. The van der Waals surface area contributed by atoms with Crippen LogP contribution in [0, 0.1) is 12.8 Å². The van der Waals surface area contributed by atoms with E-state index in [0.29, 0.717) is 5.92 Å². The number of oxime groups is 1. The number of aryl methyl sites for hydroxylation is 1. The first-order valence-corrected chi connectivity index (χ1v) is 6.99. The molecule has 0 aliphatic carbocycles. The summed E-state index contributed by atoms with van der Waals surface area (Å²) < 4.78 is 0. The molecule has 1 heterocycles. The molecule has 0 bridgehead atoms. The maximum Gasteiger partial charge on any atom is 0.172 e. The fourth-order valence-electron chi connectivity index (χ4n) is 2.89. The van der Waals surface area contributed by atoms with Crippen molar-refractivity contribution in [3.8, 4) is 0 Å². The Balaban J connectivity index is 2.19. The van der Waals surface area contributed by atoms with E-state index >= 15 is 0 Å². The third-order valence-electron chi connectivity index (χ3n) is 3.97. The lowest BCUT2D eigenvalue weighted by molar-refractivity contribution is 0.318. The smallest absolute Gasteiger partial charge is 0.172 e. The number of nitrogens with zero attached hydrogens (tertiary/aromatic N) is 3. The largest absolute Gasteiger partial charge is 0.409 e. The molecule has 1 aliphatic heterocycles. The van der Waals surface area contributed by atoms with Crippen LogP contribution in [-0.2, 0) is 0 Å². The lowest BCUT2D eigenvalue weighted by atomic mass is 10.1. The van der Waals surface area contributed by atoms with E-state index in [-0.39, 0.29) is 5.84 Å². The van der Waals surface area contributed by atoms with E-state index in [1.807, 2.05) is 12.1 Å². The van der Waals surface area contributed by atoms with Gasteiger partial charge < -0.3 is 20.7 Å². The molecule has 0 saturated carbocycles. The third kappa shape index (κ3) is 3.22. The van der Waals surface area contributed by atoms with Crippen molar-refractivity contribution in [1.29, 1.82) is 0 Å². The molecule has 1 atom stereocenters. The van der Waals surface area contributed by atoms with Crippen LogP contribution in [0.4, 0.5) is 5.69 Å². The van der Waals surface area contributed by atoms with Gasteiger partial charge in [0.05, 0.1) is 0 Å². The average molecular weight is 276 g/mol. The van der Waals surface area contributed by atoms with Crippen molar-refractivity contribution >= 4 is 11.5 Å². The zero-order valence-electron chi connectivity index (χ0n) is 12.5. The summed E-state index contributed by atoms with van der Waals surface area (Å²) in [6.07, 6.45) is 1.23. The molecule has 20 heavy (non-hydrogen) atoms. The highest BCUT2D eigenvalue weighted by Crippen LogP contribution is 2.24. The van der Waals surface area contributed by atoms with Gasteiger partial charge in [0.2, 0.25) is 0 Å². The van der Waals surface area contributed by atoms with E-state index in [1.54, 1.807) is 0 Å². The SMILES string of the molecule is Cc1ccc(C(N)=NO)c(N(C)CC2CCN(C)C2)c1. The molecule has 5 nitrogen and oxygen atoms in total. The molecular weight excluding hydrogens is 252 g/mol. The van der Waals surface area contributed by atoms with Crippen LogP contribution in [0.1, 0.15) is 17.5 Å². The van der Waals surface area contributed by atoms with Crippen LogP contribution >= 0.6 is 0 Å². The zero-order chi connectivity index (χ0) is 14.7. The van der Waals surface area contributed by atoms with Crippen molar-refractivity contribution in [3.05, 3.63) is 29.3 Å². The van der Waals surface area contributed by atoms with Gasteiger partial charge in [-0.15, -0.1) is 0 Å². The van der Waals surface area contributed by atoms with Gasteiger partial charge in [-0.2, -0.15) is 0 Å². The van der Waals surface area contributed by atoms with Crippen LogP contribution in [0.2, 0.25) is 0 Å². The quantitative estimate of drug-likeness (QED) is 0.378. The molecule has 110 valence electrons. The molecule has 1 aliphatic rings. The Morgan fingerprint density at radius 2 is 2.30 bits per heavy atom. The average Bonchev–Trinajstić information content (AvgIpc) is 2.83. The molecule has 3 N–H and O–H groups in total. The van der Waals surface area contributed by atoms with Crippen LogP contribution in [0.25, 0.3) is 0 Å². The summed E-state index contributed by atoms with van der Waals surface area (Å²) in [4.78, 5) is 4.57. The molecule has 1 aromatic carbocycles. The van der Waals surface area contributed by atoms with Crippen molar-refractivity contribution in [2.75, 3.05) is 38.6 Å². The van der Waals surface area contributed by atoms with Gasteiger partial charge in [-0.1, -0.05) is 11.2 Å². The summed E-state index contributed by atoms with van der Waals surface area (Å²) in [5.41, 5.74) is 8.76. The minimum Gasteiger partial charge on any atom is -0.409 e. The Kier molecular flexibility index (Phi) is 4.49. The van der Waals surface area contributed by atoms with Gasteiger partial charge in [-0.3, -0.25) is 0 Å². The highest BCUT2D eigenvalue weighted by molar-refractivity contribution is 6.02. The fourth-order valence-corrected chi connectivity index (χ4v) is 2.89. The molecule has 0 spiro atoms. The van der Waals surface area contributed by atoms with Gasteiger partial charge in [0, 0.05) is 31.4 Å². The van der Waals surface area contributed by atoms with E-state index in [1.165, 1.54) is 18.5 Å². The second kappa shape index (κ2) is 6.13. The van der Waals surface area contributed by atoms with Crippen LogP contribution in [0.3, 0.4) is 0 Å². The Morgan fingerprint density at radius 1 is 1.55 bits per heavy atom. The van der Waals surface area contributed by atoms with Crippen molar-refractivity contribution in [2.45, 2.75) is 13.3 Å². The number of anilines is 1. The summed E-state index contributed by atoms with van der Waals surface area (Å²) >= 11 is 0. The second-order valence-corrected chi connectivity index (χ2v) is 5.80. The van der Waals surface area contributed by atoms with Crippen molar-refractivity contribution in [2.24, 2.45) is 16.8 Å². The summed E-state index contributed by atoms with van der Waals surface area (Å²) in [5.74, 6) is 0.834. The summed E-state index contributed by atoms with van der Waals surface area (Å²) in [6, 6.07) is 5.98. The molecule has 5 heteroatoms. The van der Waals surface area contributed by atoms with Gasteiger partial charge in [-0.05, 0) is 50.6 Å². The maximum atomic E-state index is 8.92. The maximum absolute atomic E-state index is 8.92. The highest BCUT2D eigenvalue weighted by Gasteiger charge is 2.22. The summed E-state index contributed by atoms with van der Waals surface area (Å²) in [7, 11) is 4.23. The van der Waals surface area contributed by atoms with Gasteiger partial charge in [0.25, 0.3) is 0 Å². The standard InChI is InChI=1S/C15H24N4O/c1-11-4-5-13(15(16)17-20)14(8-11)19(3)10-12-6-7-18(2)9-12/h4-5,8,12,20H,6-7,9-10H2,1-3H3,(H2,16,17). The van der Waals surface area contributed by atoms with Gasteiger partial charge in [0.1, 0.15) is 0 Å². The molecule has 2 rings (SSSR count). The summed E-state index contributed by atoms with van der Waals surface area (Å²) in [6.45, 7) is 5.34. The lowest BCUT2D eigenvalue weighted by Gasteiger charge is -2.25. The number of hydrogen-bond donors (Lipinski definition) is 2. The number of likely N-dealkylation sites (tertiary alicyclic amines) is 1. The van der Waals surface area contributed by atoms with E-state index in [2.05, 4.69) is 42.0 Å². The van der Waals surface area contributed by atoms with Gasteiger partial charge in [0.15, 0.2) is 5.84 Å². The van der Waals surface area contributed by atoms with Crippen LogP contribution in [0.15, 0.2) is 23.4 Å². The molecule has 1 aromatic rings. The minimum atomic E-state index is 0.162. The van der Waals surface area contributed by atoms with Crippen LogP contribution in [0.5, 0.6) is 0 Å². The van der Waals surface area contributed by atoms with Crippen LogP contribution in [-0.4, -0.2) is 49.7 Å². The Hall–Kier alpha value is -1.75. The molecule has 1 unspecified atom stereocenters.